The summed E-state index contributed by atoms with van der Waals surface area (Å²) in [6, 6.07) is 4.09. The number of halogens is 1. The molecule has 3 amide bonds. The maximum atomic E-state index is 13.5. The Kier molecular flexibility index (Phi) is 8.06. The van der Waals surface area contributed by atoms with Gasteiger partial charge in [-0.2, -0.15) is 0 Å². The third-order valence-corrected chi connectivity index (χ3v) is 7.12. The maximum Gasteiger partial charge on any atom is 0.318 e. The standard InChI is InChI=1S/C25H37FN4O3/c1-18(17-30-10-9-20-16-21(26)7-8-23(20)30)27-24(31)22(15-19-5-3-2-4-6-19)28-25(32)29-11-13-33-14-12-29/h7-8,16,18-19,22H,2-6,9-15,17H2,1H3,(H,27,31)(H,28,32)/t18-,22-/m0/s1. The van der Waals surface area contributed by atoms with Crippen LogP contribution in [0.3, 0.4) is 0 Å². The van der Waals surface area contributed by atoms with Crippen LogP contribution in [0.15, 0.2) is 18.2 Å². The number of fused-ring (bicyclic) bond motifs is 1. The molecule has 1 aromatic rings. The van der Waals surface area contributed by atoms with E-state index in [1.165, 1.54) is 25.3 Å². The highest BCUT2D eigenvalue weighted by Crippen LogP contribution is 2.29. The van der Waals surface area contributed by atoms with Gasteiger partial charge in [0.25, 0.3) is 0 Å². The summed E-state index contributed by atoms with van der Waals surface area (Å²) in [6.07, 6.45) is 7.38. The van der Waals surface area contributed by atoms with Gasteiger partial charge in [-0.3, -0.25) is 4.79 Å². The van der Waals surface area contributed by atoms with Crippen LogP contribution >= 0.6 is 0 Å². The van der Waals surface area contributed by atoms with E-state index in [0.29, 0.717) is 45.2 Å². The molecule has 0 aromatic heterocycles. The van der Waals surface area contributed by atoms with E-state index < -0.39 is 6.04 Å². The molecule has 2 fully saturated rings. The number of rotatable bonds is 7. The molecule has 3 aliphatic rings. The van der Waals surface area contributed by atoms with Crippen molar-refractivity contribution in [3.63, 3.8) is 0 Å². The first-order valence-electron chi connectivity index (χ1n) is 12.5. The lowest BCUT2D eigenvalue weighted by atomic mass is 9.84. The zero-order valence-electron chi connectivity index (χ0n) is 19.7. The summed E-state index contributed by atoms with van der Waals surface area (Å²) in [5.74, 6) is 0.141. The molecule has 0 radical (unpaired) electrons. The average Bonchev–Trinajstić information content (AvgIpc) is 3.21. The summed E-state index contributed by atoms with van der Waals surface area (Å²) in [5, 5.41) is 6.15. The Hall–Kier alpha value is -2.35. The van der Waals surface area contributed by atoms with Gasteiger partial charge >= 0.3 is 6.03 Å². The molecule has 1 aliphatic carbocycles. The minimum atomic E-state index is -0.536. The highest BCUT2D eigenvalue weighted by atomic mass is 19.1. The van der Waals surface area contributed by atoms with Crippen LogP contribution in [0, 0.1) is 11.7 Å². The van der Waals surface area contributed by atoms with E-state index in [1.807, 2.05) is 13.0 Å². The molecule has 2 aliphatic heterocycles. The van der Waals surface area contributed by atoms with Crippen LogP contribution in [-0.4, -0.2) is 68.3 Å². The summed E-state index contributed by atoms with van der Waals surface area (Å²) >= 11 is 0. The Labute approximate surface area is 196 Å². The van der Waals surface area contributed by atoms with Crippen molar-refractivity contribution in [1.29, 1.82) is 0 Å². The van der Waals surface area contributed by atoms with Crippen LogP contribution in [0.4, 0.5) is 14.9 Å². The Morgan fingerprint density at radius 3 is 2.64 bits per heavy atom. The number of ether oxygens (including phenoxy) is 1. The van der Waals surface area contributed by atoms with Crippen molar-refractivity contribution in [1.82, 2.24) is 15.5 Å². The lowest BCUT2D eigenvalue weighted by molar-refractivity contribution is -0.124. The first-order chi connectivity index (χ1) is 16.0. The number of amides is 3. The molecule has 1 saturated heterocycles. The number of urea groups is 1. The molecule has 2 N–H and O–H groups in total. The molecule has 0 unspecified atom stereocenters. The predicted molar refractivity (Wildman–Crippen MR) is 126 cm³/mol. The van der Waals surface area contributed by atoms with E-state index in [4.69, 9.17) is 4.74 Å². The van der Waals surface area contributed by atoms with Crippen LogP contribution < -0.4 is 15.5 Å². The van der Waals surface area contributed by atoms with Gasteiger partial charge in [0.15, 0.2) is 0 Å². The number of carbonyl (C=O) groups is 2. The average molecular weight is 461 g/mol. The summed E-state index contributed by atoms with van der Waals surface area (Å²) in [5.41, 5.74) is 2.05. The van der Waals surface area contributed by atoms with Crippen LogP contribution in [-0.2, 0) is 16.0 Å². The van der Waals surface area contributed by atoms with Crippen molar-refractivity contribution < 1.29 is 18.7 Å². The van der Waals surface area contributed by atoms with Crippen molar-refractivity contribution in [3.05, 3.63) is 29.6 Å². The Morgan fingerprint density at radius 2 is 1.88 bits per heavy atom. The van der Waals surface area contributed by atoms with Crippen molar-refractivity contribution in [3.8, 4) is 0 Å². The number of carbonyl (C=O) groups excluding carboxylic acids is 2. The van der Waals surface area contributed by atoms with Crippen LogP contribution in [0.2, 0.25) is 0 Å². The zero-order valence-corrected chi connectivity index (χ0v) is 19.7. The van der Waals surface area contributed by atoms with Gasteiger partial charge < -0.3 is 25.2 Å². The second-order valence-electron chi connectivity index (χ2n) is 9.72. The fourth-order valence-electron chi connectivity index (χ4n) is 5.34. The monoisotopic (exact) mass is 460 g/mol. The van der Waals surface area contributed by atoms with E-state index in [-0.39, 0.29) is 23.8 Å². The number of anilines is 1. The summed E-state index contributed by atoms with van der Waals surface area (Å²) in [4.78, 5) is 30.0. The lowest BCUT2D eigenvalue weighted by Gasteiger charge is -2.32. The van der Waals surface area contributed by atoms with Gasteiger partial charge in [0.05, 0.1) is 13.2 Å². The third-order valence-electron chi connectivity index (χ3n) is 7.12. The molecule has 1 saturated carbocycles. The molecule has 1 aromatic carbocycles. The van der Waals surface area contributed by atoms with Crippen molar-refractivity contribution in [2.75, 3.05) is 44.3 Å². The maximum absolute atomic E-state index is 13.5. The van der Waals surface area contributed by atoms with Gasteiger partial charge in [-0.05, 0) is 49.4 Å². The first-order valence-corrected chi connectivity index (χ1v) is 12.5. The number of hydrogen-bond acceptors (Lipinski definition) is 4. The number of hydrogen-bond donors (Lipinski definition) is 2. The number of nitrogens with zero attached hydrogens (tertiary/aromatic N) is 2. The fraction of sp³-hybridized carbons (Fsp3) is 0.680. The van der Waals surface area contributed by atoms with E-state index >= 15 is 0 Å². The van der Waals surface area contributed by atoms with Crippen molar-refractivity contribution >= 4 is 17.6 Å². The summed E-state index contributed by atoms with van der Waals surface area (Å²) < 4.78 is 18.9. The number of benzene rings is 1. The van der Waals surface area contributed by atoms with Gasteiger partial charge in [0, 0.05) is 37.9 Å². The second kappa shape index (κ2) is 11.2. The summed E-state index contributed by atoms with van der Waals surface area (Å²) in [6.45, 7) is 5.62. The SMILES string of the molecule is C[C@@H](CN1CCc2cc(F)ccc21)NC(=O)[C@H](CC1CCCCC1)NC(=O)N1CCOCC1. The second-order valence-corrected chi connectivity index (χ2v) is 9.72. The number of nitrogens with one attached hydrogen (secondary N) is 2. The molecule has 4 rings (SSSR count). The van der Waals surface area contributed by atoms with Gasteiger partial charge in [-0.1, -0.05) is 32.1 Å². The molecule has 33 heavy (non-hydrogen) atoms. The first kappa shape index (κ1) is 23.8. The molecular formula is C25H37FN4O3. The normalized spacial score (nSPS) is 20.8. The Bertz CT molecular complexity index is 824. The quantitative estimate of drug-likeness (QED) is 0.656. The molecule has 0 spiro atoms. The molecule has 8 heteroatoms. The number of morpholine rings is 1. The molecule has 182 valence electrons. The molecule has 0 bridgehead atoms. The predicted octanol–water partition coefficient (Wildman–Crippen LogP) is 3.07. The molecule has 7 nitrogen and oxygen atoms in total. The smallest absolute Gasteiger partial charge is 0.318 e. The largest absolute Gasteiger partial charge is 0.378 e. The molecule has 2 atom stereocenters. The van der Waals surface area contributed by atoms with Crippen LogP contribution in [0.25, 0.3) is 0 Å². The highest BCUT2D eigenvalue weighted by molar-refractivity contribution is 5.87. The molecule has 2 heterocycles. The van der Waals surface area contributed by atoms with Gasteiger partial charge in [0.2, 0.25) is 5.91 Å². The van der Waals surface area contributed by atoms with E-state index in [9.17, 15) is 14.0 Å². The van der Waals surface area contributed by atoms with Crippen LogP contribution in [0.1, 0.15) is 51.0 Å². The van der Waals surface area contributed by atoms with E-state index in [1.54, 1.807) is 11.0 Å². The lowest BCUT2D eigenvalue weighted by Crippen LogP contribution is -2.55. The Morgan fingerprint density at radius 1 is 1.12 bits per heavy atom. The van der Waals surface area contributed by atoms with Crippen LogP contribution in [0.5, 0.6) is 0 Å². The molecular weight excluding hydrogens is 423 g/mol. The minimum Gasteiger partial charge on any atom is -0.378 e. The van der Waals surface area contributed by atoms with Gasteiger partial charge in [-0.15, -0.1) is 0 Å². The van der Waals surface area contributed by atoms with Gasteiger partial charge in [0.1, 0.15) is 11.9 Å². The third kappa shape index (κ3) is 6.37. The fourth-order valence-corrected chi connectivity index (χ4v) is 5.34. The zero-order chi connectivity index (χ0) is 23.2. The summed E-state index contributed by atoms with van der Waals surface area (Å²) in [7, 11) is 0. The Balaban J connectivity index is 1.36. The van der Waals surface area contributed by atoms with E-state index in [0.717, 1.165) is 37.1 Å². The van der Waals surface area contributed by atoms with Crippen molar-refractivity contribution in [2.45, 2.75) is 64.0 Å². The minimum absolute atomic E-state index is 0.0948. The topological polar surface area (TPSA) is 73.9 Å². The van der Waals surface area contributed by atoms with Gasteiger partial charge in [-0.25, -0.2) is 9.18 Å². The highest BCUT2D eigenvalue weighted by Gasteiger charge is 2.29. The van der Waals surface area contributed by atoms with Crippen molar-refractivity contribution in [2.24, 2.45) is 5.92 Å². The van der Waals surface area contributed by atoms with E-state index in [2.05, 4.69) is 15.5 Å².